The van der Waals surface area contributed by atoms with Gasteiger partial charge in [0.15, 0.2) is 5.79 Å². The number of benzene rings is 1. The molecule has 2 fully saturated rings. The first-order chi connectivity index (χ1) is 12.0. The van der Waals surface area contributed by atoms with Crippen LogP contribution in [0.2, 0.25) is 5.02 Å². The Morgan fingerprint density at radius 3 is 2.36 bits per heavy atom. The number of methoxy groups -OCH3 is 2. The lowest BCUT2D eigenvalue weighted by atomic mass is 9.81. The van der Waals surface area contributed by atoms with Gasteiger partial charge in [-0.05, 0) is 56.6 Å². The Hall–Kier alpha value is -1.14. The van der Waals surface area contributed by atoms with Gasteiger partial charge < -0.3 is 14.4 Å². The highest BCUT2D eigenvalue weighted by atomic mass is 35.5. The van der Waals surface area contributed by atoms with Gasteiger partial charge >= 0.3 is 0 Å². The maximum atomic E-state index is 13.0. The molecule has 1 amide bonds. The van der Waals surface area contributed by atoms with Crippen molar-refractivity contribution in [3.8, 4) is 0 Å². The number of amides is 1. The average molecular weight is 367 g/mol. The molecule has 6 heteroatoms. The van der Waals surface area contributed by atoms with Gasteiger partial charge in [-0.2, -0.15) is 0 Å². The van der Waals surface area contributed by atoms with E-state index in [1.165, 1.54) is 6.42 Å². The third-order valence-electron chi connectivity index (χ3n) is 5.72. The molecule has 1 heterocycles. The van der Waals surface area contributed by atoms with Crippen LogP contribution >= 0.6 is 11.6 Å². The summed E-state index contributed by atoms with van der Waals surface area (Å²) in [5.74, 6) is -0.645. The second-order valence-electron chi connectivity index (χ2n) is 6.94. The summed E-state index contributed by atoms with van der Waals surface area (Å²) < 4.78 is 11.7. The van der Waals surface area contributed by atoms with E-state index >= 15 is 0 Å². The van der Waals surface area contributed by atoms with Crippen LogP contribution in [-0.2, 0) is 9.47 Å². The zero-order valence-electron chi connectivity index (χ0n) is 15.2. The first-order valence-corrected chi connectivity index (χ1v) is 9.27. The van der Waals surface area contributed by atoms with E-state index in [-0.39, 0.29) is 18.0 Å². The van der Waals surface area contributed by atoms with Gasteiger partial charge in [-0.15, -0.1) is 0 Å². The number of rotatable bonds is 5. The molecule has 0 radical (unpaired) electrons. The molecule has 1 aromatic rings. The number of ether oxygens (including phenoxy) is 2. The number of likely N-dealkylation sites (N-methyl/N-ethyl adjacent to an activating group) is 1. The predicted molar refractivity (Wildman–Crippen MR) is 97.9 cm³/mol. The number of carbonyl (C=O) groups is 1. The molecule has 0 spiro atoms. The lowest BCUT2D eigenvalue weighted by molar-refractivity contribution is -0.272. The van der Waals surface area contributed by atoms with E-state index in [1.807, 2.05) is 11.9 Å². The molecule has 1 aliphatic carbocycles. The molecule has 2 unspecified atom stereocenters. The summed E-state index contributed by atoms with van der Waals surface area (Å²) in [6, 6.07) is 7.17. The normalized spacial score (nSPS) is 26.1. The molecule has 0 N–H and O–H groups in total. The molecule has 0 aromatic heterocycles. The van der Waals surface area contributed by atoms with Crippen LogP contribution in [0.4, 0.5) is 0 Å². The van der Waals surface area contributed by atoms with Gasteiger partial charge in [-0.1, -0.05) is 11.6 Å². The minimum Gasteiger partial charge on any atom is -0.352 e. The zero-order chi connectivity index (χ0) is 18.0. The summed E-state index contributed by atoms with van der Waals surface area (Å²) in [4.78, 5) is 17.3. The smallest absolute Gasteiger partial charge is 0.253 e. The molecule has 1 saturated heterocycles. The van der Waals surface area contributed by atoms with E-state index in [1.54, 1.807) is 38.5 Å². The monoisotopic (exact) mass is 366 g/mol. The maximum absolute atomic E-state index is 13.0. The summed E-state index contributed by atoms with van der Waals surface area (Å²) in [5, 5.41) is 0.633. The molecule has 2 aliphatic rings. The molecule has 25 heavy (non-hydrogen) atoms. The van der Waals surface area contributed by atoms with Crippen LogP contribution in [0.3, 0.4) is 0 Å². The highest BCUT2D eigenvalue weighted by Gasteiger charge is 2.52. The van der Waals surface area contributed by atoms with E-state index < -0.39 is 5.79 Å². The van der Waals surface area contributed by atoms with Gasteiger partial charge in [-0.3, -0.25) is 9.69 Å². The largest absolute Gasteiger partial charge is 0.352 e. The van der Waals surface area contributed by atoms with Crippen LogP contribution < -0.4 is 0 Å². The molecule has 1 aromatic carbocycles. The van der Waals surface area contributed by atoms with Crippen molar-refractivity contribution in [1.82, 2.24) is 9.80 Å². The van der Waals surface area contributed by atoms with E-state index in [0.29, 0.717) is 10.6 Å². The van der Waals surface area contributed by atoms with E-state index in [4.69, 9.17) is 21.1 Å². The van der Waals surface area contributed by atoms with E-state index in [2.05, 4.69) is 4.90 Å². The van der Waals surface area contributed by atoms with Crippen molar-refractivity contribution in [1.29, 1.82) is 0 Å². The van der Waals surface area contributed by atoms with Gasteiger partial charge in [0.1, 0.15) is 0 Å². The Bertz CT molecular complexity index is 599. The van der Waals surface area contributed by atoms with Crippen LogP contribution in [0.25, 0.3) is 0 Å². The van der Waals surface area contributed by atoms with Crippen molar-refractivity contribution >= 4 is 17.5 Å². The third-order valence-corrected chi connectivity index (χ3v) is 5.98. The summed E-state index contributed by atoms with van der Waals surface area (Å²) in [6.45, 7) is 2.05. The van der Waals surface area contributed by atoms with Crippen LogP contribution in [0.1, 0.15) is 36.0 Å². The van der Waals surface area contributed by atoms with Crippen molar-refractivity contribution in [3.05, 3.63) is 34.9 Å². The quantitative estimate of drug-likeness (QED) is 0.751. The highest BCUT2D eigenvalue weighted by Crippen LogP contribution is 2.39. The number of halogens is 1. The highest BCUT2D eigenvalue weighted by molar-refractivity contribution is 6.30. The Morgan fingerprint density at radius 1 is 1.20 bits per heavy atom. The van der Waals surface area contributed by atoms with Gasteiger partial charge in [0, 0.05) is 38.3 Å². The standard InChI is InChI=1S/C19H27ClN2O3/c1-21(18(23)14-7-9-15(20)10-8-14)16-6-4-11-19(24-2,25-3)17(16)22-12-5-13-22/h7-10,16-17H,4-6,11-13H2,1-3H3. The minimum absolute atomic E-state index is 0.00944. The fourth-order valence-electron chi connectivity index (χ4n) is 4.18. The molecular formula is C19H27ClN2O3. The lowest BCUT2D eigenvalue weighted by Crippen LogP contribution is -2.68. The van der Waals surface area contributed by atoms with Gasteiger partial charge in [0.05, 0.1) is 12.1 Å². The van der Waals surface area contributed by atoms with Crippen molar-refractivity contribution in [2.75, 3.05) is 34.4 Å². The fraction of sp³-hybridized carbons (Fsp3) is 0.632. The number of hydrogen-bond acceptors (Lipinski definition) is 4. The molecular weight excluding hydrogens is 340 g/mol. The van der Waals surface area contributed by atoms with Gasteiger partial charge in [-0.25, -0.2) is 0 Å². The summed E-state index contributed by atoms with van der Waals surface area (Å²) in [5.41, 5.74) is 0.653. The van der Waals surface area contributed by atoms with Gasteiger partial charge in [0.2, 0.25) is 0 Å². The van der Waals surface area contributed by atoms with Crippen molar-refractivity contribution in [2.45, 2.75) is 43.6 Å². The van der Waals surface area contributed by atoms with Crippen LogP contribution in [-0.4, -0.2) is 67.9 Å². The van der Waals surface area contributed by atoms with Crippen molar-refractivity contribution in [3.63, 3.8) is 0 Å². The second-order valence-corrected chi connectivity index (χ2v) is 7.37. The molecule has 1 saturated carbocycles. The van der Waals surface area contributed by atoms with E-state index in [0.717, 1.165) is 32.4 Å². The first-order valence-electron chi connectivity index (χ1n) is 8.89. The molecule has 1 aliphatic heterocycles. The van der Waals surface area contributed by atoms with Crippen molar-refractivity contribution in [2.24, 2.45) is 0 Å². The summed E-state index contributed by atoms with van der Waals surface area (Å²) >= 11 is 5.95. The Morgan fingerprint density at radius 2 is 1.84 bits per heavy atom. The number of likely N-dealkylation sites (tertiary alicyclic amines) is 1. The number of nitrogens with zero attached hydrogens (tertiary/aromatic N) is 2. The minimum atomic E-state index is -0.655. The lowest BCUT2D eigenvalue weighted by Gasteiger charge is -2.55. The number of carbonyl (C=O) groups excluding carboxylic acids is 1. The van der Waals surface area contributed by atoms with Crippen LogP contribution in [0, 0.1) is 0 Å². The van der Waals surface area contributed by atoms with E-state index in [9.17, 15) is 4.79 Å². The molecule has 0 bridgehead atoms. The second kappa shape index (κ2) is 7.62. The Kier molecular flexibility index (Phi) is 5.68. The van der Waals surface area contributed by atoms with Crippen LogP contribution in [0.5, 0.6) is 0 Å². The first kappa shape index (κ1) is 18.6. The zero-order valence-corrected chi connectivity index (χ0v) is 16.0. The summed E-state index contributed by atoms with van der Waals surface area (Å²) in [6.07, 6.45) is 3.95. The predicted octanol–water partition coefficient (Wildman–Crippen LogP) is 3.03. The average Bonchev–Trinajstić information content (AvgIpc) is 2.60. The van der Waals surface area contributed by atoms with Crippen molar-refractivity contribution < 1.29 is 14.3 Å². The third kappa shape index (κ3) is 3.43. The molecule has 2 atom stereocenters. The van der Waals surface area contributed by atoms with Gasteiger partial charge in [0.25, 0.3) is 5.91 Å². The summed E-state index contributed by atoms with van der Waals surface area (Å²) in [7, 11) is 5.30. The maximum Gasteiger partial charge on any atom is 0.253 e. The van der Waals surface area contributed by atoms with Crippen LogP contribution in [0.15, 0.2) is 24.3 Å². The topological polar surface area (TPSA) is 42.0 Å². The molecule has 5 nitrogen and oxygen atoms in total. The Balaban J connectivity index is 1.87. The molecule has 3 rings (SSSR count). The number of hydrogen-bond donors (Lipinski definition) is 0. The SMILES string of the molecule is COC1(OC)CCCC(N(C)C(=O)c2ccc(Cl)cc2)C1N1CCC1. The molecule has 138 valence electrons. The fourth-order valence-corrected chi connectivity index (χ4v) is 4.30. The Labute approximate surface area is 154 Å².